The summed E-state index contributed by atoms with van der Waals surface area (Å²) in [5.41, 5.74) is 0. The molecule has 0 spiro atoms. The van der Waals surface area contributed by atoms with E-state index in [1.165, 1.54) is 0 Å². The average Bonchev–Trinajstić information content (AvgIpc) is 0. The molecule has 0 aliphatic rings. The normalized spacial score (nSPS) is 0. The van der Waals surface area contributed by atoms with Crippen LogP contribution in [0.2, 0.25) is 0 Å². The monoisotopic (exact) mass is 237 g/mol. The summed E-state index contributed by atoms with van der Waals surface area (Å²) in [6.45, 7) is 0. The van der Waals surface area contributed by atoms with Crippen molar-refractivity contribution in [2.75, 3.05) is 0 Å². The molecule has 0 saturated heterocycles. The Balaban J connectivity index is 0. The van der Waals surface area contributed by atoms with Crippen molar-refractivity contribution in [2.45, 2.75) is 0 Å². The smallest absolute Gasteiger partial charge is 2.00 e. The molecule has 4 heteroatoms. The van der Waals surface area contributed by atoms with Crippen molar-refractivity contribution in [1.82, 2.24) is 0 Å². The third kappa shape index (κ3) is 8.83. The molecule has 0 aromatic rings. The predicted octanol–water partition coefficient (Wildman–Crippen LogP) is -0.388. The summed E-state index contributed by atoms with van der Waals surface area (Å²) in [6, 6.07) is 0. The first-order valence-electron chi connectivity index (χ1n) is 0. The van der Waals surface area contributed by atoms with Crippen molar-refractivity contribution < 1.29 is 46.8 Å². The first-order valence-corrected chi connectivity index (χ1v) is 0. The van der Waals surface area contributed by atoms with E-state index >= 15 is 0 Å². The van der Waals surface area contributed by atoms with Gasteiger partial charge in [-0.3, -0.25) is 0 Å². The summed E-state index contributed by atoms with van der Waals surface area (Å²) >= 11 is 0. The fraction of sp³-hybridized carbons (Fsp3) is 0. The maximum atomic E-state index is 0. The summed E-state index contributed by atoms with van der Waals surface area (Å²) in [7, 11) is 0. The van der Waals surface area contributed by atoms with Crippen molar-refractivity contribution in [3.05, 3.63) is 0 Å². The van der Waals surface area contributed by atoms with Gasteiger partial charge >= 0.3 is 64.1 Å². The van der Waals surface area contributed by atoms with Crippen LogP contribution in [0, 0.1) is 0 Å². The van der Waals surface area contributed by atoms with Crippen LogP contribution >= 0.6 is 0 Å². The largest absolute Gasteiger partial charge is 3.00 e. The molecule has 0 rings (SSSR count). The van der Waals surface area contributed by atoms with E-state index in [-0.39, 0.29) is 77.6 Å². The molecule has 0 N–H and O–H groups in total. The van der Waals surface area contributed by atoms with E-state index in [9.17, 15) is 0 Å². The summed E-state index contributed by atoms with van der Waals surface area (Å²) in [5.74, 6) is 0. The summed E-state index contributed by atoms with van der Waals surface area (Å²) < 4.78 is 0. The van der Waals surface area contributed by atoms with Crippen molar-refractivity contribution >= 4 is 30.9 Å². The standard InChI is InChI=1S/Al.Cd.S.Zn/q+3;+2;-2;+2. The van der Waals surface area contributed by atoms with Gasteiger partial charge in [0.15, 0.2) is 0 Å². The molecule has 0 bridgehead atoms. The second-order valence-electron chi connectivity index (χ2n) is 0. The van der Waals surface area contributed by atoms with Gasteiger partial charge in [0.2, 0.25) is 0 Å². The minimum absolute atomic E-state index is 0. The zero-order chi connectivity index (χ0) is 0. The molecule has 0 saturated carbocycles. The van der Waals surface area contributed by atoms with Crippen LogP contribution < -0.4 is 0 Å². The van der Waals surface area contributed by atoms with E-state index in [1.54, 1.807) is 0 Å². The van der Waals surface area contributed by atoms with Gasteiger partial charge in [-0.2, -0.15) is 0 Å². The van der Waals surface area contributed by atoms with Crippen LogP contribution in [0.3, 0.4) is 0 Å². The zero-order valence-corrected chi connectivity index (χ0v) is 11.4. The molecule has 0 radical (unpaired) electrons. The topological polar surface area (TPSA) is 0 Å². The van der Waals surface area contributed by atoms with Gasteiger partial charge in [-0.25, -0.2) is 0 Å². The number of hydrogen-bond acceptors (Lipinski definition) is 0. The summed E-state index contributed by atoms with van der Waals surface area (Å²) in [6.07, 6.45) is 0. The average molecular weight is 237 g/mol. The van der Waals surface area contributed by atoms with Crippen LogP contribution in [0.4, 0.5) is 0 Å². The summed E-state index contributed by atoms with van der Waals surface area (Å²) in [4.78, 5) is 0. The Morgan fingerprint density at radius 2 is 1.00 bits per heavy atom. The van der Waals surface area contributed by atoms with Crippen LogP contribution in [0.5, 0.6) is 0 Å². The van der Waals surface area contributed by atoms with Crippen LogP contribution in [-0.2, 0) is 60.3 Å². The Morgan fingerprint density at radius 3 is 1.00 bits per heavy atom. The van der Waals surface area contributed by atoms with E-state index in [4.69, 9.17) is 0 Å². The second-order valence-corrected chi connectivity index (χ2v) is 0. The Hall–Kier alpha value is 2.43. The van der Waals surface area contributed by atoms with Gasteiger partial charge in [0.1, 0.15) is 0 Å². The number of hydrogen-bond donors (Lipinski definition) is 0. The summed E-state index contributed by atoms with van der Waals surface area (Å²) in [5, 5.41) is 0. The van der Waals surface area contributed by atoms with Crippen LogP contribution in [0.1, 0.15) is 0 Å². The predicted molar refractivity (Wildman–Crippen MR) is 13.1 cm³/mol. The Kier molecular flexibility index (Phi) is 145. The maximum Gasteiger partial charge on any atom is 3.00 e. The Labute approximate surface area is 76.6 Å². The molecule has 4 heavy (non-hydrogen) atoms. The Morgan fingerprint density at radius 1 is 1.00 bits per heavy atom. The molecule has 8 valence electrons. The van der Waals surface area contributed by atoms with E-state index in [0.29, 0.717) is 0 Å². The molecule has 0 aliphatic heterocycles. The number of rotatable bonds is 0. The molecule has 0 amide bonds. The van der Waals surface area contributed by atoms with Crippen molar-refractivity contribution in [3.8, 4) is 0 Å². The van der Waals surface area contributed by atoms with Crippen LogP contribution in [-0.4, -0.2) is 17.4 Å². The van der Waals surface area contributed by atoms with Crippen LogP contribution in [0.25, 0.3) is 0 Å². The minimum atomic E-state index is 0. The fourth-order valence-electron chi connectivity index (χ4n) is 0. The molecule has 0 atom stereocenters. The van der Waals surface area contributed by atoms with Gasteiger partial charge in [0.25, 0.3) is 0 Å². The Bertz CT molecular complexity index is 8.00. The van der Waals surface area contributed by atoms with Gasteiger partial charge in [-0.15, -0.1) is 0 Å². The van der Waals surface area contributed by atoms with Crippen molar-refractivity contribution in [2.24, 2.45) is 0 Å². The van der Waals surface area contributed by atoms with Crippen LogP contribution in [0.15, 0.2) is 0 Å². The second kappa shape index (κ2) is 18.1. The molecule has 0 unspecified atom stereocenters. The first kappa shape index (κ1) is 32.1. The molecule has 0 aromatic heterocycles. The van der Waals surface area contributed by atoms with Gasteiger partial charge in [0, 0.05) is 0 Å². The third-order valence-electron chi connectivity index (χ3n) is 0. The molecular formula is AlCdSZn+5. The first-order chi connectivity index (χ1) is 0. The fourth-order valence-corrected chi connectivity index (χ4v) is 0. The van der Waals surface area contributed by atoms with Gasteiger partial charge in [0.05, 0.1) is 0 Å². The van der Waals surface area contributed by atoms with E-state index in [2.05, 4.69) is 0 Å². The quantitative estimate of drug-likeness (QED) is 0.503. The van der Waals surface area contributed by atoms with Gasteiger partial charge in [-0.05, 0) is 0 Å². The minimum Gasteiger partial charge on any atom is -2.00 e. The molecule has 0 heterocycles. The molecular weight excluding hydrogens is 237 g/mol. The molecule has 0 fully saturated rings. The van der Waals surface area contributed by atoms with E-state index in [0.717, 1.165) is 0 Å². The third-order valence-corrected chi connectivity index (χ3v) is 0. The van der Waals surface area contributed by atoms with Gasteiger partial charge in [-0.1, -0.05) is 0 Å². The molecule has 0 aliphatic carbocycles. The van der Waals surface area contributed by atoms with Crippen molar-refractivity contribution in [1.29, 1.82) is 0 Å². The van der Waals surface area contributed by atoms with E-state index in [1.807, 2.05) is 0 Å². The molecule has 0 aromatic carbocycles. The zero-order valence-electron chi connectivity index (χ0n) is 2.40. The van der Waals surface area contributed by atoms with Gasteiger partial charge < -0.3 is 13.5 Å². The van der Waals surface area contributed by atoms with Crippen molar-refractivity contribution in [3.63, 3.8) is 0 Å². The van der Waals surface area contributed by atoms with E-state index < -0.39 is 0 Å². The maximum absolute atomic E-state index is 0. The SMILES string of the molecule is [Al+3].[Cd+2].[S-2].[Zn+2]. The molecule has 0 nitrogen and oxygen atoms in total.